The van der Waals surface area contributed by atoms with Gasteiger partial charge >= 0.3 is 5.97 Å². The van der Waals surface area contributed by atoms with Crippen molar-refractivity contribution in [2.24, 2.45) is 17.6 Å². The third kappa shape index (κ3) is 9.03. The van der Waals surface area contributed by atoms with Crippen LogP contribution in [0.15, 0.2) is 0 Å². The molecule has 32 heavy (non-hydrogen) atoms. The van der Waals surface area contributed by atoms with E-state index < -0.39 is 60.3 Å². The Hall–Kier alpha value is -2.34. The zero-order valence-electron chi connectivity index (χ0n) is 19.0. The van der Waals surface area contributed by atoms with E-state index in [0.29, 0.717) is 12.8 Å². The third-order valence-electron chi connectivity index (χ3n) is 5.11. The lowest BCUT2D eigenvalue weighted by molar-refractivity contribution is -0.141. The van der Waals surface area contributed by atoms with Crippen LogP contribution in [0.25, 0.3) is 0 Å². The van der Waals surface area contributed by atoms with Gasteiger partial charge in [0.05, 0.1) is 12.6 Å². The number of carbonyl (C=O) groups excluding carboxylic acids is 4. The summed E-state index contributed by atoms with van der Waals surface area (Å²) in [6.45, 7) is 7.00. The number of carboxylic acids is 1. The largest absolute Gasteiger partial charge is 0.480 e. The summed E-state index contributed by atoms with van der Waals surface area (Å²) in [4.78, 5) is 61.8. The highest BCUT2D eigenvalue weighted by Crippen LogP contribution is 2.11. The van der Waals surface area contributed by atoms with Crippen molar-refractivity contribution in [3.63, 3.8) is 0 Å². The molecule has 0 saturated carbocycles. The van der Waals surface area contributed by atoms with Crippen molar-refractivity contribution >= 4 is 41.4 Å². The summed E-state index contributed by atoms with van der Waals surface area (Å²) in [5, 5.41) is 19.6. The molecular weight excluding hydrogens is 438 g/mol. The Morgan fingerprint density at radius 3 is 2.28 bits per heavy atom. The van der Waals surface area contributed by atoms with Crippen molar-refractivity contribution in [1.82, 2.24) is 21.3 Å². The van der Waals surface area contributed by atoms with Gasteiger partial charge in [0.25, 0.3) is 0 Å². The first-order valence-electron chi connectivity index (χ1n) is 10.7. The van der Waals surface area contributed by atoms with Gasteiger partial charge in [-0.1, -0.05) is 34.1 Å². The zero-order chi connectivity index (χ0) is 24.4. The molecule has 1 fully saturated rings. The average Bonchev–Trinajstić information content (AvgIpc) is 2.72. The highest BCUT2D eigenvalue weighted by Gasteiger charge is 2.31. The predicted molar refractivity (Wildman–Crippen MR) is 121 cm³/mol. The lowest BCUT2D eigenvalue weighted by atomic mass is 9.98. The molecule has 0 spiro atoms. The van der Waals surface area contributed by atoms with E-state index in [0.717, 1.165) is 11.8 Å². The van der Waals surface area contributed by atoms with Gasteiger partial charge in [-0.15, -0.1) is 0 Å². The average molecular weight is 474 g/mol. The Morgan fingerprint density at radius 2 is 1.72 bits per heavy atom. The topological polar surface area (TPSA) is 180 Å². The first-order chi connectivity index (χ1) is 15.0. The van der Waals surface area contributed by atoms with Gasteiger partial charge in [0, 0.05) is 11.5 Å². The molecule has 1 aliphatic heterocycles. The van der Waals surface area contributed by atoms with Gasteiger partial charge in [-0.25, -0.2) is 4.79 Å². The summed E-state index contributed by atoms with van der Waals surface area (Å²) in [6.07, 6.45) is 0.896. The van der Waals surface area contributed by atoms with Crippen LogP contribution >= 0.6 is 11.8 Å². The number of aliphatic carboxylic acids is 1. The molecule has 182 valence electrons. The molecule has 0 bridgehead atoms. The molecule has 1 heterocycles. The Morgan fingerprint density at radius 1 is 1.06 bits per heavy atom. The van der Waals surface area contributed by atoms with Crippen LogP contribution in [-0.4, -0.2) is 76.9 Å². The molecule has 0 aromatic rings. The molecule has 5 atom stereocenters. The van der Waals surface area contributed by atoms with E-state index in [4.69, 9.17) is 5.73 Å². The zero-order valence-corrected chi connectivity index (χ0v) is 19.8. The minimum absolute atomic E-state index is 0.0142. The molecule has 1 unspecified atom stereocenters. The van der Waals surface area contributed by atoms with E-state index in [1.165, 1.54) is 0 Å². The first kappa shape index (κ1) is 27.7. The van der Waals surface area contributed by atoms with Crippen molar-refractivity contribution in [3.05, 3.63) is 0 Å². The summed E-state index contributed by atoms with van der Waals surface area (Å²) < 4.78 is 0. The van der Waals surface area contributed by atoms with E-state index in [2.05, 4.69) is 21.3 Å². The van der Waals surface area contributed by atoms with Crippen molar-refractivity contribution in [2.75, 3.05) is 18.1 Å². The predicted octanol–water partition coefficient (Wildman–Crippen LogP) is -1.19. The maximum absolute atomic E-state index is 12.7. The number of nitrogens with one attached hydrogen (secondary N) is 4. The number of thioether (sulfide) groups is 1. The van der Waals surface area contributed by atoms with Crippen molar-refractivity contribution in [1.29, 1.82) is 0 Å². The standard InChI is InChI=1S/C20H35N5O6S/c1-5-11(4)16-19(29)22-7-15(26)23-13(6-10(2)3)18(28)24-14(20(30)31)9-32-8-12(21)17(27)25-16/h10-14,16H,5-9,21H2,1-4H3,(H,22,29)(H,23,26)(H,24,28)(H,25,27)(H,30,31)/t11-,12+,13?,14-,16-/m0/s1. The van der Waals surface area contributed by atoms with Gasteiger partial charge in [-0.3, -0.25) is 19.2 Å². The molecule has 12 heteroatoms. The van der Waals surface area contributed by atoms with Crippen molar-refractivity contribution in [2.45, 2.75) is 64.7 Å². The molecule has 1 saturated heterocycles. The molecule has 0 aromatic carbocycles. The molecular formula is C20H35N5O6S. The van der Waals surface area contributed by atoms with Gasteiger partial charge in [0.2, 0.25) is 23.6 Å². The van der Waals surface area contributed by atoms with E-state index in [1.807, 2.05) is 20.8 Å². The van der Waals surface area contributed by atoms with Crippen LogP contribution in [0.3, 0.4) is 0 Å². The highest BCUT2D eigenvalue weighted by molar-refractivity contribution is 7.99. The highest BCUT2D eigenvalue weighted by atomic mass is 32.2. The number of carboxylic acid groups (broad SMARTS) is 1. The van der Waals surface area contributed by atoms with Gasteiger partial charge in [0.1, 0.15) is 18.1 Å². The van der Waals surface area contributed by atoms with Crippen LogP contribution in [0, 0.1) is 11.8 Å². The fourth-order valence-corrected chi connectivity index (χ4v) is 4.03. The molecule has 11 nitrogen and oxygen atoms in total. The summed E-state index contributed by atoms with van der Waals surface area (Å²) in [7, 11) is 0. The Balaban J connectivity index is 3.13. The number of hydrogen-bond acceptors (Lipinski definition) is 7. The van der Waals surface area contributed by atoms with Crippen molar-refractivity contribution in [3.8, 4) is 0 Å². The smallest absolute Gasteiger partial charge is 0.327 e. The number of carbonyl (C=O) groups is 5. The number of amides is 4. The lowest BCUT2D eigenvalue weighted by Crippen LogP contribution is -2.57. The second-order valence-electron chi connectivity index (χ2n) is 8.38. The van der Waals surface area contributed by atoms with Crippen LogP contribution in [0.2, 0.25) is 0 Å². The normalized spacial score (nSPS) is 27.7. The minimum Gasteiger partial charge on any atom is -0.480 e. The van der Waals surface area contributed by atoms with Gasteiger partial charge in [0.15, 0.2) is 0 Å². The Kier molecular flexibility index (Phi) is 11.5. The fraction of sp³-hybridized carbons (Fsp3) is 0.750. The number of hydrogen-bond donors (Lipinski definition) is 6. The quantitative estimate of drug-likeness (QED) is 0.288. The third-order valence-corrected chi connectivity index (χ3v) is 6.27. The van der Waals surface area contributed by atoms with Crippen LogP contribution in [-0.2, 0) is 24.0 Å². The summed E-state index contributed by atoms with van der Waals surface area (Å²) in [6, 6.07) is -4.03. The van der Waals surface area contributed by atoms with Crippen molar-refractivity contribution < 1.29 is 29.1 Å². The summed E-state index contributed by atoms with van der Waals surface area (Å²) in [5.74, 6) is -3.61. The first-order valence-corrected chi connectivity index (χ1v) is 11.9. The molecule has 4 amide bonds. The summed E-state index contributed by atoms with van der Waals surface area (Å²) in [5.41, 5.74) is 5.92. The van der Waals surface area contributed by atoms with Crippen LogP contribution in [0.4, 0.5) is 0 Å². The van der Waals surface area contributed by atoms with Crippen LogP contribution < -0.4 is 27.0 Å². The number of nitrogens with two attached hydrogens (primary N) is 1. The Bertz CT molecular complexity index is 704. The molecule has 1 aliphatic rings. The lowest BCUT2D eigenvalue weighted by Gasteiger charge is -2.26. The van der Waals surface area contributed by atoms with E-state index in [-0.39, 0.29) is 23.3 Å². The minimum atomic E-state index is -1.23. The molecule has 0 aromatic heterocycles. The van der Waals surface area contributed by atoms with E-state index >= 15 is 0 Å². The van der Waals surface area contributed by atoms with Crippen LogP contribution in [0.1, 0.15) is 40.5 Å². The monoisotopic (exact) mass is 473 g/mol. The second-order valence-corrected chi connectivity index (χ2v) is 9.46. The summed E-state index contributed by atoms with van der Waals surface area (Å²) >= 11 is 1.10. The van der Waals surface area contributed by atoms with E-state index in [9.17, 15) is 29.1 Å². The van der Waals surface area contributed by atoms with Gasteiger partial charge in [-0.2, -0.15) is 11.8 Å². The molecule has 1 rings (SSSR count). The van der Waals surface area contributed by atoms with Gasteiger partial charge < -0.3 is 32.1 Å². The Labute approximate surface area is 192 Å². The fourth-order valence-electron chi connectivity index (χ4n) is 3.02. The van der Waals surface area contributed by atoms with E-state index in [1.54, 1.807) is 6.92 Å². The maximum Gasteiger partial charge on any atom is 0.327 e. The molecule has 7 N–H and O–H groups in total. The van der Waals surface area contributed by atoms with Crippen LogP contribution in [0.5, 0.6) is 0 Å². The SMILES string of the molecule is CC[C@H](C)[C@@H]1NC(=O)[C@H](N)CSC[C@@H](C(=O)O)NC(=O)C(CC(C)C)NC(=O)CNC1=O. The molecule has 0 radical (unpaired) electrons. The maximum atomic E-state index is 12.7. The number of rotatable bonds is 5. The van der Waals surface area contributed by atoms with Gasteiger partial charge in [-0.05, 0) is 18.3 Å². The molecule has 0 aliphatic carbocycles. The second kappa shape index (κ2) is 13.3.